The van der Waals surface area contributed by atoms with Crippen LogP contribution in [0.5, 0.6) is 0 Å². The number of benzene rings is 1. The minimum atomic E-state index is -0.831. The Hall–Kier alpha value is -1.36. The fourth-order valence-corrected chi connectivity index (χ4v) is 2.75. The largest absolute Gasteiger partial charge is 0.342 e. The van der Waals surface area contributed by atoms with Crippen LogP contribution in [0.2, 0.25) is 0 Å². The summed E-state index contributed by atoms with van der Waals surface area (Å²) in [5.41, 5.74) is 1.04. The minimum absolute atomic E-state index is 0.0490. The van der Waals surface area contributed by atoms with Crippen molar-refractivity contribution in [1.82, 2.24) is 5.32 Å². The molecule has 0 bridgehead atoms. The fraction of sp³-hybridized carbons (Fsp3) is 0.467. The van der Waals surface area contributed by atoms with E-state index in [1.165, 1.54) is 0 Å². The van der Waals surface area contributed by atoms with Gasteiger partial charge in [-0.3, -0.25) is 9.59 Å². The average Bonchev–Trinajstić information content (AvgIpc) is 2.52. The molecular weight excluding hydrogens is 320 g/mol. The summed E-state index contributed by atoms with van der Waals surface area (Å²) >= 11 is 3.49. The molecule has 1 unspecified atom stereocenters. The van der Waals surface area contributed by atoms with Gasteiger partial charge in [0.25, 0.3) is 5.91 Å². The molecule has 0 aliphatic carbocycles. The van der Waals surface area contributed by atoms with Crippen LogP contribution in [0.15, 0.2) is 22.7 Å². The number of hydrogen-bond acceptors (Lipinski definition) is 2. The van der Waals surface area contributed by atoms with Crippen molar-refractivity contribution < 1.29 is 9.59 Å². The van der Waals surface area contributed by atoms with E-state index in [0.717, 1.165) is 15.7 Å². The van der Waals surface area contributed by atoms with E-state index < -0.39 is 5.54 Å². The number of nitrogens with one attached hydrogen (secondary N) is 1. The van der Waals surface area contributed by atoms with E-state index in [1.807, 2.05) is 32.0 Å². The Morgan fingerprint density at radius 2 is 2.10 bits per heavy atom. The predicted molar refractivity (Wildman–Crippen MR) is 82.7 cm³/mol. The summed E-state index contributed by atoms with van der Waals surface area (Å²) in [7, 11) is 0. The predicted octanol–water partition coefficient (Wildman–Crippen LogP) is 2.78. The summed E-state index contributed by atoms with van der Waals surface area (Å²) in [6.45, 7) is 6.09. The average molecular weight is 339 g/mol. The Kier molecular flexibility index (Phi) is 4.18. The molecular formula is C15H19BrN2O2. The summed E-state index contributed by atoms with van der Waals surface area (Å²) in [6.07, 6.45) is 0.897. The van der Waals surface area contributed by atoms with Crippen molar-refractivity contribution in [3.05, 3.63) is 28.2 Å². The molecule has 1 aliphatic rings. The van der Waals surface area contributed by atoms with Crippen LogP contribution >= 0.6 is 15.9 Å². The smallest absolute Gasteiger partial charge is 0.252 e. The molecule has 20 heavy (non-hydrogen) atoms. The van der Waals surface area contributed by atoms with Gasteiger partial charge in [-0.1, -0.05) is 28.9 Å². The molecule has 1 heterocycles. The second-order valence-electron chi connectivity index (χ2n) is 5.32. The molecule has 1 fully saturated rings. The third-order valence-corrected chi connectivity index (χ3v) is 4.79. The molecule has 1 N–H and O–H groups in total. The van der Waals surface area contributed by atoms with Crippen molar-refractivity contribution in [2.45, 2.75) is 39.2 Å². The van der Waals surface area contributed by atoms with Crippen LogP contribution in [0.4, 0.5) is 5.69 Å². The van der Waals surface area contributed by atoms with Crippen LogP contribution in [-0.2, 0) is 9.59 Å². The molecule has 108 valence electrons. The zero-order chi connectivity index (χ0) is 14.9. The maximum Gasteiger partial charge on any atom is 0.252 e. The highest BCUT2D eigenvalue weighted by molar-refractivity contribution is 9.10. The molecule has 0 saturated carbocycles. The second kappa shape index (κ2) is 5.56. The first-order valence-corrected chi connectivity index (χ1v) is 7.56. The normalized spacial score (nSPS) is 23.5. The lowest BCUT2D eigenvalue weighted by atomic mass is 9.96. The number of carbonyl (C=O) groups excluding carboxylic acids is 2. The van der Waals surface area contributed by atoms with Crippen LogP contribution in [-0.4, -0.2) is 23.9 Å². The number of hydrogen-bond donors (Lipinski definition) is 1. The van der Waals surface area contributed by atoms with Gasteiger partial charge in [-0.05, 0) is 38.0 Å². The van der Waals surface area contributed by atoms with Crippen LogP contribution in [0.3, 0.4) is 0 Å². The van der Waals surface area contributed by atoms with Gasteiger partial charge in [0.05, 0.1) is 0 Å². The molecule has 4 nitrogen and oxygen atoms in total. The number of carbonyl (C=O) groups is 2. The summed E-state index contributed by atoms with van der Waals surface area (Å²) in [5.74, 6) is -0.120. The molecule has 1 aliphatic heterocycles. The van der Waals surface area contributed by atoms with E-state index in [1.54, 1.807) is 11.8 Å². The Labute approximate surface area is 127 Å². The molecule has 5 heteroatoms. The highest BCUT2D eigenvalue weighted by atomic mass is 79.9. The van der Waals surface area contributed by atoms with Gasteiger partial charge in [-0.15, -0.1) is 0 Å². The van der Waals surface area contributed by atoms with Crippen molar-refractivity contribution >= 4 is 33.4 Å². The summed E-state index contributed by atoms with van der Waals surface area (Å²) in [4.78, 5) is 26.4. The maximum atomic E-state index is 12.8. The topological polar surface area (TPSA) is 49.4 Å². The molecule has 1 aromatic rings. The molecule has 0 spiro atoms. The van der Waals surface area contributed by atoms with E-state index in [4.69, 9.17) is 0 Å². The zero-order valence-corrected chi connectivity index (χ0v) is 13.6. The van der Waals surface area contributed by atoms with Crippen molar-refractivity contribution in [2.24, 2.45) is 0 Å². The Balaban J connectivity index is 2.47. The number of anilines is 1. The van der Waals surface area contributed by atoms with Gasteiger partial charge in [-0.25, -0.2) is 0 Å². The first-order valence-electron chi connectivity index (χ1n) is 6.77. The molecule has 2 rings (SSSR count). The summed E-state index contributed by atoms with van der Waals surface area (Å²) < 4.78 is 0.963. The van der Waals surface area contributed by atoms with Crippen molar-refractivity contribution in [2.75, 3.05) is 11.4 Å². The third-order valence-electron chi connectivity index (χ3n) is 3.93. The van der Waals surface area contributed by atoms with E-state index in [-0.39, 0.29) is 11.8 Å². The van der Waals surface area contributed by atoms with Gasteiger partial charge in [0.2, 0.25) is 5.91 Å². The van der Waals surface area contributed by atoms with E-state index in [9.17, 15) is 9.59 Å². The Bertz CT molecular complexity index is 559. The van der Waals surface area contributed by atoms with E-state index in [2.05, 4.69) is 21.2 Å². The highest BCUT2D eigenvalue weighted by Crippen LogP contribution is 2.30. The lowest BCUT2D eigenvalue weighted by molar-refractivity contribution is -0.129. The van der Waals surface area contributed by atoms with Crippen LogP contribution < -0.4 is 10.2 Å². The molecule has 1 aromatic carbocycles. The van der Waals surface area contributed by atoms with Crippen molar-refractivity contribution in [1.29, 1.82) is 0 Å². The van der Waals surface area contributed by atoms with Gasteiger partial charge >= 0.3 is 0 Å². The zero-order valence-electron chi connectivity index (χ0n) is 12.0. The minimum Gasteiger partial charge on any atom is -0.342 e. The summed E-state index contributed by atoms with van der Waals surface area (Å²) in [6, 6.07) is 5.77. The van der Waals surface area contributed by atoms with Crippen LogP contribution in [0.1, 0.15) is 32.3 Å². The monoisotopic (exact) mass is 338 g/mol. The quantitative estimate of drug-likeness (QED) is 0.901. The summed E-state index contributed by atoms with van der Waals surface area (Å²) in [5, 5.41) is 2.85. The lowest BCUT2D eigenvalue weighted by Crippen LogP contribution is -2.54. The molecule has 1 saturated heterocycles. The molecule has 0 aromatic heterocycles. The highest BCUT2D eigenvalue weighted by Gasteiger charge is 2.40. The van der Waals surface area contributed by atoms with Crippen molar-refractivity contribution in [3.63, 3.8) is 0 Å². The van der Waals surface area contributed by atoms with E-state index in [0.29, 0.717) is 19.4 Å². The first kappa shape index (κ1) is 15.0. The van der Waals surface area contributed by atoms with Gasteiger partial charge in [0, 0.05) is 23.1 Å². The van der Waals surface area contributed by atoms with Crippen molar-refractivity contribution in [3.8, 4) is 0 Å². The van der Waals surface area contributed by atoms with Gasteiger partial charge in [0.1, 0.15) is 5.54 Å². The van der Waals surface area contributed by atoms with Gasteiger partial charge in [-0.2, -0.15) is 0 Å². The number of rotatable bonds is 2. The van der Waals surface area contributed by atoms with E-state index >= 15 is 0 Å². The Morgan fingerprint density at radius 3 is 2.75 bits per heavy atom. The molecule has 2 amide bonds. The standard InChI is InChI=1S/C15H19BrN2O2/c1-4-15(3)14(20)18(9-8-13(19)17-15)12-7-5-6-11(16)10(12)2/h5-7H,4,8-9H2,1-3H3,(H,17,19). The number of nitrogens with zero attached hydrogens (tertiary/aromatic N) is 1. The number of amides is 2. The molecule has 0 radical (unpaired) electrons. The SMILES string of the molecule is CCC1(C)NC(=O)CCN(c2cccc(Br)c2C)C1=O. The van der Waals surface area contributed by atoms with Crippen LogP contribution in [0, 0.1) is 6.92 Å². The second-order valence-corrected chi connectivity index (χ2v) is 6.18. The first-order chi connectivity index (χ1) is 9.39. The maximum absolute atomic E-state index is 12.8. The third kappa shape index (κ3) is 2.59. The lowest BCUT2D eigenvalue weighted by Gasteiger charge is -2.32. The van der Waals surface area contributed by atoms with Gasteiger partial charge < -0.3 is 10.2 Å². The molecule has 1 atom stereocenters. The van der Waals surface area contributed by atoms with Gasteiger partial charge in [0.15, 0.2) is 0 Å². The van der Waals surface area contributed by atoms with Crippen LogP contribution in [0.25, 0.3) is 0 Å². The Morgan fingerprint density at radius 1 is 1.40 bits per heavy atom. The fourth-order valence-electron chi connectivity index (χ4n) is 2.39. The number of halogens is 1.